The van der Waals surface area contributed by atoms with Crippen LogP contribution >= 0.6 is 0 Å². The lowest BCUT2D eigenvalue weighted by atomic mass is 9.61. The standard InChI is InChI=1S/C29H48F2O.2C2H6/c1-5-7-8-21-9-12-23(13-10-21)25-16-15-24-17-22(11-14-26(24)18-25)19-32-27(6-2)29(31)28(30)20(3)4;2*1-2/h21-26H,5-19H2,1-4H3;2*1-2H3/b29-27-;;. The van der Waals surface area contributed by atoms with E-state index in [0.717, 1.165) is 29.6 Å². The highest BCUT2D eigenvalue weighted by molar-refractivity contribution is 5.25. The van der Waals surface area contributed by atoms with E-state index in [4.69, 9.17) is 4.74 Å². The second-order valence-electron chi connectivity index (χ2n) is 11.4. The molecule has 0 aromatic heterocycles. The minimum absolute atomic E-state index is 0.184. The van der Waals surface area contributed by atoms with Crippen molar-refractivity contribution < 1.29 is 13.5 Å². The Morgan fingerprint density at radius 2 is 1.17 bits per heavy atom. The molecule has 0 aromatic rings. The molecule has 1 nitrogen and oxygen atoms in total. The van der Waals surface area contributed by atoms with E-state index in [2.05, 4.69) is 6.92 Å². The molecule has 0 aromatic carbocycles. The summed E-state index contributed by atoms with van der Waals surface area (Å²) in [4.78, 5) is 0. The number of ether oxygens (including phenoxy) is 1. The number of hydrogen-bond donors (Lipinski definition) is 0. The van der Waals surface area contributed by atoms with Gasteiger partial charge in [0.1, 0.15) is 5.76 Å². The van der Waals surface area contributed by atoms with Gasteiger partial charge in [0.25, 0.3) is 0 Å². The maximum atomic E-state index is 14.4. The molecule has 36 heavy (non-hydrogen) atoms. The van der Waals surface area contributed by atoms with Crippen LogP contribution in [0, 0.1) is 35.5 Å². The van der Waals surface area contributed by atoms with Crippen molar-refractivity contribution in [1.29, 1.82) is 0 Å². The number of unbranched alkanes of at least 4 members (excludes halogenated alkanes) is 1. The molecule has 3 aliphatic carbocycles. The Bertz CT molecular complexity index is 640. The van der Waals surface area contributed by atoms with Crippen LogP contribution in [0.4, 0.5) is 8.78 Å². The van der Waals surface area contributed by atoms with E-state index < -0.39 is 11.7 Å². The van der Waals surface area contributed by atoms with Crippen LogP contribution in [0.5, 0.6) is 0 Å². The zero-order chi connectivity index (χ0) is 27.1. The SMILES string of the molecule is CC.CC.CCCCC1CCC(C2CCC3CC(CO/C(CC)=C(\F)C(F)=C(C)C)CCC3C2)CC1. The topological polar surface area (TPSA) is 9.23 Å². The molecule has 0 spiro atoms. The Hall–Kier alpha value is -0.860. The third-order valence-corrected chi connectivity index (χ3v) is 8.98. The van der Waals surface area contributed by atoms with Gasteiger partial charge in [-0.05, 0) is 106 Å². The van der Waals surface area contributed by atoms with Crippen molar-refractivity contribution >= 4 is 0 Å². The normalized spacial score (nSPS) is 30.4. The van der Waals surface area contributed by atoms with Gasteiger partial charge in [-0.2, -0.15) is 0 Å². The number of allylic oxidation sites excluding steroid dienone is 4. The molecule has 3 heteroatoms. The van der Waals surface area contributed by atoms with Gasteiger partial charge in [-0.15, -0.1) is 0 Å². The number of fused-ring (bicyclic) bond motifs is 1. The first-order valence-corrected chi connectivity index (χ1v) is 15.8. The highest BCUT2D eigenvalue weighted by atomic mass is 19.2. The highest BCUT2D eigenvalue weighted by Gasteiger charge is 2.39. The summed E-state index contributed by atoms with van der Waals surface area (Å²) in [5.74, 6) is 3.79. The molecule has 3 saturated carbocycles. The van der Waals surface area contributed by atoms with Crippen LogP contribution in [-0.2, 0) is 4.74 Å². The fraction of sp³-hybridized carbons (Fsp3) is 0.879. The second kappa shape index (κ2) is 18.4. The van der Waals surface area contributed by atoms with Crippen LogP contribution < -0.4 is 0 Å². The molecule has 0 radical (unpaired) electrons. The number of rotatable bonds is 9. The van der Waals surface area contributed by atoms with Gasteiger partial charge in [-0.1, -0.05) is 73.6 Å². The summed E-state index contributed by atoms with van der Waals surface area (Å²) in [6, 6.07) is 0. The molecule has 3 fully saturated rings. The van der Waals surface area contributed by atoms with Crippen LogP contribution in [-0.4, -0.2) is 6.61 Å². The van der Waals surface area contributed by atoms with Crippen molar-refractivity contribution in [3.05, 3.63) is 23.0 Å². The average molecular weight is 511 g/mol. The molecule has 4 unspecified atom stereocenters. The van der Waals surface area contributed by atoms with Gasteiger partial charge < -0.3 is 4.74 Å². The van der Waals surface area contributed by atoms with Gasteiger partial charge in [0, 0.05) is 6.42 Å². The van der Waals surface area contributed by atoms with Crippen LogP contribution in [0.15, 0.2) is 23.0 Å². The van der Waals surface area contributed by atoms with Crippen molar-refractivity contribution in [3.8, 4) is 0 Å². The first-order chi connectivity index (χ1) is 17.4. The van der Waals surface area contributed by atoms with Crippen molar-refractivity contribution in [2.75, 3.05) is 6.61 Å². The first kappa shape index (κ1) is 33.2. The Morgan fingerprint density at radius 3 is 1.72 bits per heavy atom. The van der Waals surface area contributed by atoms with Gasteiger partial charge in [0.15, 0.2) is 11.7 Å². The van der Waals surface area contributed by atoms with E-state index in [1.54, 1.807) is 13.8 Å². The third kappa shape index (κ3) is 10.1. The van der Waals surface area contributed by atoms with E-state index in [0.29, 0.717) is 24.5 Å². The minimum atomic E-state index is -0.800. The Balaban J connectivity index is 0.00000154. The molecular formula is C33H60F2O. The van der Waals surface area contributed by atoms with E-state index in [1.807, 2.05) is 34.6 Å². The maximum absolute atomic E-state index is 14.4. The lowest BCUT2D eigenvalue weighted by molar-refractivity contribution is 0.0368. The summed E-state index contributed by atoms with van der Waals surface area (Å²) in [6.45, 7) is 15.9. The summed E-state index contributed by atoms with van der Waals surface area (Å²) in [5.41, 5.74) is 0.365. The lowest BCUT2D eigenvalue weighted by Crippen LogP contribution is -2.35. The Kier molecular flexibility index (Phi) is 17.0. The van der Waals surface area contributed by atoms with Crippen LogP contribution in [0.1, 0.15) is 145 Å². The molecule has 0 amide bonds. The highest BCUT2D eigenvalue weighted by Crippen LogP contribution is 2.49. The summed E-state index contributed by atoms with van der Waals surface area (Å²) >= 11 is 0. The maximum Gasteiger partial charge on any atom is 0.196 e. The van der Waals surface area contributed by atoms with Crippen molar-refractivity contribution in [1.82, 2.24) is 0 Å². The molecule has 0 N–H and O–H groups in total. The van der Waals surface area contributed by atoms with Gasteiger partial charge in [0.2, 0.25) is 0 Å². The fourth-order valence-corrected chi connectivity index (χ4v) is 6.92. The monoisotopic (exact) mass is 510 g/mol. The molecule has 3 aliphatic rings. The van der Waals surface area contributed by atoms with Crippen molar-refractivity contribution in [2.45, 2.75) is 145 Å². The average Bonchev–Trinajstić information content (AvgIpc) is 2.93. The van der Waals surface area contributed by atoms with Crippen LogP contribution in [0.25, 0.3) is 0 Å². The zero-order valence-electron chi connectivity index (χ0n) is 25.2. The van der Waals surface area contributed by atoms with Gasteiger partial charge >= 0.3 is 0 Å². The number of hydrogen-bond acceptors (Lipinski definition) is 1. The van der Waals surface area contributed by atoms with Crippen LogP contribution in [0.3, 0.4) is 0 Å². The molecule has 3 rings (SSSR count). The summed E-state index contributed by atoms with van der Waals surface area (Å²) in [7, 11) is 0. The predicted octanol–water partition coefficient (Wildman–Crippen LogP) is 11.7. The molecule has 212 valence electrons. The molecule has 4 atom stereocenters. The van der Waals surface area contributed by atoms with Gasteiger partial charge in [-0.3, -0.25) is 0 Å². The lowest BCUT2D eigenvalue weighted by Gasteiger charge is -2.45. The van der Waals surface area contributed by atoms with Gasteiger partial charge in [-0.25, -0.2) is 8.78 Å². The molecule has 0 bridgehead atoms. The zero-order valence-corrected chi connectivity index (χ0v) is 25.2. The molecule has 0 heterocycles. The van der Waals surface area contributed by atoms with Crippen molar-refractivity contribution in [3.63, 3.8) is 0 Å². The second-order valence-corrected chi connectivity index (χ2v) is 11.4. The van der Waals surface area contributed by atoms with E-state index in [9.17, 15) is 8.78 Å². The summed E-state index contributed by atoms with van der Waals surface area (Å²) in [6.07, 6.45) is 18.5. The Morgan fingerprint density at radius 1 is 0.667 bits per heavy atom. The van der Waals surface area contributed by atoms with Crippen molar-refractivity contribution in [2.24, 2.45) is 35.5 Å². The molecule has 0 aliphatic heterocycles. The van der Waals surface area contributed by atoms with E-state index >= 15 is 0 Å². The number of halogens is 2. The predicted molar refractivity (Wildman–Crippen MR) is 153 cm³/mol. The third-order valence-electron chi connectivity index (χ3n) is 8.98. The minimum Gasteiger partial charge on any atom is -0.494 e. The molecular weight excluding hydrogens is 450 g/mol. The first-order valence-electron chi connectivity index (χ1n) is 15.8. The quantitative estimate of drug-likeness (QED) is 0.221. The van der Waals surface area contributed by atoms with E-state index in [-0.39, 0.29) is 5.76 Å². The smallest absolute Gasteiger partial charge is 0.196 e. The largest absolute Gasteiger partial charge is 0.494 e. The summed E-state index contributed by atoms with van der Waals surface area (Å²) in [5, 5.41) is 0. The van der Waals surface area contributed by atoms with E-state index in [1.165, 1.54) is 83.5 Å². The summed E-state index contributed by atoms with van der Waals surface area (Å²) < 4.78 is 34.2. The van der Waals surface area contributed by atoms with Gasteiger partial charge in [0.05, 0.1) is 6.61 Å². The fourth-order valence-electron chi connectivity index (χ4n) is 6.92. The van der Waals surface area contributed by atoms with Crippen LogP contribution in [0.2, 0.25) is 0 Å². The Labute approximate surface area is 223 Å². The molecule has 0 saturated heterocycles.